The Morgan fingerprint density at radius 3 is 2.78 bits per heavy atom. The lowest BCUT2D eigenvalue weighted by Gasteiger charge is -2.18. The molecule has 1 atom stereocenters. The number of aromatic nitrogens is 2. The average Bonchev–Trinajstić information content (AvgIpc) is 2.77. The van der Waals surface area contributed by atoms with Crippen molar-refractivity contribution in [3.05, 3.63) is 53.1 Å². The van der Waals surface area contributed by atoms with E-state index in [1.165, 1.54) is 6.07 Å². The molecule has 0 spiro atoms. The van der Waals surface area contributed by atoms with Crippen LogP contribution in [0, 0.1) is 12.7 Å². The van der Waals surface area contributed by atoms with E-state index in [-0.39, 0.29) is 11.9 Å². The van der Waals surface area contributed by atoms with Gasteiger partial charge in [-0.3, -0.25) is 4.68 Å². The van der Waals surface area contributed by atoms with Gasteiger partial charge in [-0.1, -0.05) is 6.07 Å². The predicted octanol–water partition coefficient (Wildman–Crippen LogP) is 2.37. The molecule has 0 bridgehead atoms. The third-order valence-electron chi connectivity index (χ3n) is 3.30. The molecular weight excluding hydrogens is 229 g/mol. The minimum absolute atomic E-state index is 0.137. The highest BCUT2D eigenvalue weighted by molar-refractivity contribution is 5.28. The maximum atomic E-state index is 13.3. The number of hydrogen-bond acceptors (Lipinski definition) is 2. The van der Waals surface area contributed by atoms with Crippen molar-refractivity contribution in [2.45, 2.75) is 19.4 Å². The number of rotatable bonds is 4. The highest BCUT2D eigenvalue weighted by Gasteiger charge is 2.15. The Hall–Kier alpha value is -1.68. The Balaban J connectivity index is 2.26. The highest BCUT2D eigenvalue weighted by Crippen LogP contribution is 2.20. The molecule has 1 unspecified atom stereocenters. The zero-order valence-corrected chi connectivity index (χ0v) is 10.9. The third-order valence-corrected chi connectivity index (χ3v) is 3.30. The van der Waals surface area contributed by atoms with Crippen LogP contribution in [0.1, 0.15) is 22.9 Å². The quantitative estimate of drug-likeness (QED) is 0.899. The van der Waals surface area contributed by atoms with Gasteiger partial charge in [-0.15, -0.1) is 0 Å². The molecule has 2 aromatic rings. The zero-order valence-electron chi connectivity index (χ0n) is 10.9. The van der Waals surface area contributed by atoms with Crippen LogP contribution in [0.25, 0.3) is 0 Å². The van der Waals surface area contributed by atoms with Crippen molar-refractivity contribution in [3.8, 4) is 0 Å². The Labute approximate surface area is 107 Å². The van der Waals surface area contributed by atoms with Crippen molar-refractivity contribution >= 4 is 0 Å². The predicted molar refractivity (Wildman–Crippen MR) is 69.8 cm³/mol. The van der Waals surface area contributed by atoms with Crippen molar-refractivity contribution in [2.75, 3.05) is 7.05 Å². The van der Waals surface area contributed by atoms with Gasteiger partial charge in [-0.25, -0.2) is 4.39 Å². The summed E-state index contributed by atoms with van der Waals surface area (Å²) in [5.74, 6) is -0.185. The van der Waals surface area contributed by atoms with Gasteiger partial charge in [0, 0.05) is 13.2 Å². The summed E-state index contributed by atoms with van der Waals surface area (Å²) in [7, 11) is 3.82. The number of nitrogens with one attached hydrogen (secondary N) is 1. The fourth-order valence-corrected chi connectivity index (χ4v) is 2.16. The number of hydrogen-bond donors (Lipinski definition) is 1. The second kappa shape index (κ2) is 5.31. The molecular formula is C14H18FN3. The van der Waals surface area contributed by atoms with Crippen LogP contribution in [-0.2, 0) is 13.5 Å². The van der Waals surface area contributed by atoms with Gasteiger partial charge in [0.25, 0.3) is 0 Å². The number of nitrogens with zero attached hydrogens (tertiary/aromatic N) is 2. The van der Waals surface area contributed by atoms with Gasteiger partial charge in [0.15, 0.2) is 0 Å². The molecule has 2 rings (SSSR count). The van der Waals surface area contributed by atoms with E-state index in [0.29, 0.717) is 0 Å². The summed E-state index contributed by atoms with van der Waals surface area (Å²) in [6.45, 7) is 2.00. The van der Waals surface area contributed by atoms with Crippen LogP contribution < -0.4 is 5.32 Å². The molecule has 0 radical (unpaired) electrons. The van der Waals surface area contributed by atoms with Crippen molar-refractivity contribution < 1.29 is 4.39 Å². The van der Waals surface area contributed by atoms with E-state index < -0.39 is 0 Å². The molecule has 0 fully saturated rings. The van der Waals surface area contributed by atoms with Crippen molar-refractivity contribution in [1.29, 1.82) is 0 Å². The van der Waals surface area contributed by atoms with E-state index in [9.17, 15) is 4.39 Å². The molecule has 4 heteroatoms. The summed E-state index contributed by atoms with van der Waals surface area (Å²) in [6, 6.07) is 7.04. The second-order valence-corrected chi connectivity index (χ2v) is 4.50. The molecule has 0 aliphatic carbocycles. The normalized spacial score (nSPS) is 12.7. The summed E-state index contributed by atoms with van der Waals surface area (Å²) in [6.07, 6.45) is 2.53. The molecule has 0 saturated carbocycles. The number of benzene rings is 1. The Bertz CT molecular complexity index is 534. The van der Waals surface area contributed by atoms with E-state index in [1.807, 2.05) is 37.8 Å². The smallest absolute Gasteiger partial charge is 0.123 e. The van der Waals surface area contributed by atoms with Gasteiger partial charge in [0.05, 0.1) is 11.7 Å². The number of likely N-dealkylation sites (N-methyl/N-ethyl adjacent to an activating group) is 1. The first-order chi connectivity index (χ1) is 8.61. The SMILES string of the molecule is CNC(Cc1cc(F)ccc1C)c1ccnn1C. The highest BCUT2D eigenvalue weighted by atomic mass is 19.1. The minimum Gasteiger partial charge on any atom is -0.311 e. The standard InChI is InChI=1S/C14H18FN3/c1-10-4-5-12(15)8-11(10)9-13(16-2)14-6-7-17-18(14)3/h4-8,13,16H,9H2,1-3H3. The molecule has 0 amide bonds. The van der Waals surface area contributed by atoms with Crippen LogP contribution >= 0.6 is 0 Å². The lowest BCUT2D eigenvalue weighted by molar-refractivity contribution is 0.534. The summed E-state index contributed by atoms with van der Waals surface area (Å²) >= 11 is 0. The first-order valence-corrected chi connectivity index (χ1v) is 6.02. The molecule has 0 aliphatic heterocycles. The van der Waals surface area contributed by atoms with Gasteiger partial charge < -0.3 is 5.32 Å². The lowest BCUT2D eigenvalue weighted by atomic mass is 9.99. The van der Waals surface area contributed by atoms with Crippen LogP contribution in [0.4, 0.5) is 4.39 Å². The van der Waals surface area contributed by atoms with Crippen LogP contribution in [0.5, 0.6) is 0 Å². The van der Waals surface area contributed by atoms with Gasteiger partial charge >= 0.3 is 0 Å². The Morgan fingerprint density at radius 2 is 2.17 bits per heavy atom. The van der Waals surface area contributed by atoms with Gasteiger partial charge in [-0.2, -0.15) is 5.10 Å². The second-order valence-electron chi connectivity index (χ2n) is 4.50. The van der Waals surface area contributed by atoms with Crippen molar-refractivity contribution in [3.63, 3.8) is 0 Å². The Kier molecular flexibility index (Phi) is 3.77. The first-order valence-electron chi connectivity index (χ1n) is 6.02. The maximum Gasteiger partial charge on any atom is 0.123 e. The number of aryl methyl sites for hydroxylation is 2. The molecule has 1 heterocycles. The molecule has 1 N–H and O–H groups in total. The molecule has 96 valence electrons. The number of halogens is 1. The molecule has 0 aliphatic rings. The fraction of sp³-hybridized carbons (Fsp3) is 0.357. The topological polar surface area (TPSA) is 29.9 Å². The van der Waals surface area contributed by atoms with E-state index in [4.69, 9.17) is 0 Å². The largest absolute Gasteiger partial charge is 0.311 e. The third kappa shape index (κ3) is 2.59. The van der Waals surface area contributed by atoms with Crippen molar-refractivity contribution in [1.82, 2.24) is 15.1 Å². The Morgan fingerprint density at radius 1 is 1.39 bits per heavy atom. The molecule has 3 nitrogen and oxygen atoms in total. The van der Waals surface area contributed by atoms with Crippen molar-refractivity contribution in [2.24, 2.45) is 7.05 Å². The summed E-state index contributed by atoms with van der Waals surface area (Å²) in [5.41, 5.74) is 3.23. The summed E-state index contributed by atoms with van der Waals surface area (Å²) in [5, 5.41) is 7.43. The van der Waals surface area contributed by atoms with Gasteiger partial charge in [-0.05, 0) is 49.7 Å². The first kappa shape index (κ1) is 12.8. The van der Waals surface area contributed by atoms with Crippen LogP contribution in [-0.4, -0.2) is 16.8 Å². The molecule has 0 saturated heterocycles. The summed E-state index contributed by atoms with van der Waals surface area (Å²) < 4.78 is 15.1. The van der Waals surface area contributed by atoms with E-state index in [0.717, 1.165) is 23.2 Å². The van der Waals surface area contributed by atoms with Crippen LogP contribution in [0.15, 0.2) is 30.5 Å². The van der Waals surface area contributed by atoms with Gasteiger partial charge in [0.1, 0.15) is 5.82 Å². The lowest BCUT2D eigenvalue weighted by Crippen LogP contribution is -2.22. The molecule has 18 heavy (non-hydrogen) atoms. The maximum absolute atomic E-state index is 13.3. The van der Waals surface area contributed by atoms with Crippen LogP contribution in [0.3, 0.4) is 0 Å². The summed E-state index contributed by atoms with van der Waals surface area (Å²) in [4.78, 5) is 0. The molecule has 1 aromatic carbocycles. The minimum atomic E-state index is -0.185. The zero-order chi connectivity index (χ0) is 13.1. The molecule has 1 aromatic heterocycles. The van der Waals surface area contributed by atoms with E-state index in [2.05, 4.69) is 10.4 Å². The van der Waals surface area contributed by atoms with Crippen LogP contribution in [0.2, 0.25) is 0 Å². The fourth-order valence-electron chi connectivity index (χ4n) is 2.16. The van der Waals surface area contributed by atoms with E-state index >= 15 is 0 Å². The van der Waals surface area contributed by atoms with E-state index in [1.54, 1.807) is 12.3 Å². The van der Waals surface area contributed by atoms with Gasteiger partial charge in [0.2, 0.25) is 0 Å². The monoisotopic (exact) mass is 247 g/mol. The average molecular weight is 247 g/mol.